The Morgan fingerprint density at radius 1 is 1.21 bits per heavy atom. The third-order valence-corrected chi connectivity index (χ3v) is 4.16. The molecule has 2 aromatic heterocycles. The van der Waals surface area contributed by atoms with E-state index in [0.717, 1.165) is 10.9 Å². The average Bonchev–Trinajstić information content (AvgIpc) is 2.83. The number of nitrogens with zero attached hydrogens (tertiary/aromatic N) is 1. The molecule has 0 aliphatic carbocycles. The molecule has 2 heterocycles. The molecule has 0 saturated carbocycles. The minimum absolute atomic E-state index is 0.0141. The van der Waals surface area contributed by atoms with Crippen LogP contribution in [0.2, 0.25) is 5.02 Å². The summed E-state index contributed by atoms with van der Waals surface area (Å²) in [7, 11) is 0. The summed E-state index contributed by atoms with van der Waals surface area (Å²) in [6, 6.07) is 11.5. The Balaban J connectivity index is 1.89. The molecule has 3 aromatic rings. The van der Waals surface area contributed by atoms with Gasteiger partial charge < -0.3 is 0 Å². The van der Waals surface area contributed by atoms with E-state index >= 15 is 0 Å². The molecular weight excluding hydrogens is 278 g/mol. The van der Waals surface area contributed by atoms with E-state index in [9.17, 15) is 4.79 Å². The third-order valence-electron chi connectivity index (χ3n) is 2.93. The predicted octanol–water partition coefficient (Wildman–Crippen LogP) is 4.38. The first-order chi connectivity index (χ1) is 9.24. The molecule has 0 spiro atoms. The van der Waals surface area contributed by atoms with Crippen molar-refractivity contribution in [1.82, 2.24) is 4.98 Å². The number of benzene rings is 1. The summed E-state index contributed by atoms with van der Waals surface area (Å²) in [5.41, 5.74) is 1.52. The number of ketones is 1. The van der Waals surface area contributed by atoms with Gasteiger partial charge in [0.15, 0.2) is 5.78 Å². The lowest BCUT2D eigenvalue weighted by atomic mass is 10.1. The molecule has 0 aliphatic rings. The van der Waals surface area contributed by atoms with Crippen LogP contribution in [0.3, 0.4) is 0 Å². The van der Waals surface area contributed by atoms with Gasteiger partial charge in [-0.3, -0.25) is 9.78 Å². The maximum Gasteiger partial charge on any atom is 0.185 e. The topological polar surface area (TPSA) is 30.0 Å². The number of fused-ring (bicyclic) bond motifs is 1. The highest BCUT2D eigenvalue weighted by molar-refractivity contribution is 7.17. The number of pyridine rings is 1. The van der Waals surface area contributed by atoms with Gasteiger partial charge in [-0.2, -0.15) is 0 Å². The van der Waals surface area contributed by atoms with Gasteiger partial charge in [0.2, 0.25) is 0 Å². The monoisotopic (exact) mass is 287 g/mol. The van der Waals surface area contributed by atoms with Crippen LogP contribution in [0, 0.1) is 0 Å². The van der Waals surface area contributed by atoms with Crippen molar-refractivity contribution in [1.29, 1.82) is 0 Å². The molecule has 0 saturated heterocycles. The summed E-state index contributed by atoms with van der Waals surface area (Å²) in [6.45, 7) is 0. The summed E-state index contributed by atoms with van der Waals surface area (Å²) in [5, 5.41) is 3.73. The quantitative estimate of drug-likeness (QED) is 0.669. The van der Waals surface area contributed by atoms with E-state index in [-0.39, 0.29) is 5.78 Å². The summed E-state index contributed by atoms with van der Waals surface area (Å²) in [4.78, 5) is 16.2. The van der Waals surface area contributed by atoms with Crippen LogP contribution in [-0.2, 0) is 6.42 Å². The van der Waals surface area contributed by atoms with Gasteiger partial charge in [0.1, 0.15) is 5.69 Å². The largest absolute Gasteiger partial charge is 0.292 e. The molecule has 3 rings (SSSR count). The lowest BCUT2D eigenvalue weighted by Crippen LogP contribution is -2.05. The number of rotatable bonds is 3. The second-order valence-electron chi connectivity index (χ2n) is 4.22. The number of aromatic nitrogens is 1. The zero-order valence-electron chi connectivity index (χ0n) is 9.97. The van der Waals surface area contributed by atoms with Gasteiger partial charge in [-0.15, -0.1) is 11.3 Å². The molecule has 94 valence electrons. The average molecular weight is 288 g/mol. The van der Waals surface area contributed by atoms with Gasteiger partial charge in [0.05, 0.1) is 5.02 Å². The molecule has 0 unspecified atom stereocenters. The molecule has 0 N–H and O–H groups in total. The lowest BCUT2D eigenvalue weighted by Gasteiger charge is -2.00. The molecule has 0 atom stereocenters. The number of Topliss-reactive ketones (excluding diaryl/α,β-unsaturated/α-hetero) is 1. The predicted molar refractivity (Wildman–Crippen MR) is 79.1 cm³/mol. The van der Waals surface area contributed by atoms with Gasteiger partial charge in [-0.25, -0.2) is 0 Å². The maximum absolute atomic E-state index is 12.2. The summed E-state index contributed by atoms with van der Waals surface area (Å²) in [6.07, 6.45) is 1.87. The van der Waals surface area contributed by atoms with E-state index in [1.807, 2.05) is 23.6 Å². The Labute approximate surface area is 119 Å². The highest BCUT2D eigenvalue weighted by Gasteiger charge is 2.11. The van der Waals surface area contributed by atoms with E-state index in [1.165, 1.54) is 10.9 Å². The Kier molecular flexibility index (Phi) is 3.32. The second kappa shape index (κ2) is 5.11. The molecular formula is C15H10ClNOS. The SMILES string of the molecule is O=C(Cc1csc2ccccc12)c1ccc(Cl)cn1. The van der Waals surface area contributed by atoms with E-state index in [1.54, 1.807) is 23.5 Å². The van der Waals surface area contributed by atoms with E-state index in [0.29, 0.717) is 17.1 Å². The molecule has 1 aromatic carbocycles. The van der Waals surface area contributed by atoms with Crippen molar-refractivity contribution in [2.75, 3.05) is 0 Å². The van der Waals surface area contributed by atoms with E-state index in [2.05, 4.69) is 11.1 Å². The summed E-state index contributed by atoms with van der Waals surface area (Å²) < 4.78 is 1.20. The van der Waals surface area contributed by atoms with Crippen LogP contribution >= 0.6 is 22.9 Å². The van der Waals surface area contributed by atoms with Gasteiger partial charge in [-0.1, -0.05) is 29.8 Å². The fourth-order valence-corrected chi connectivity index (χ4v) is 3.05. The molecule has 19 heavy (non-hydrogen) atoms. The highest BCUT2D eigenvalue weighted by Crippen LogP contribution is 2.26. The van der Waals surface area contributed by atoms with E-state index < -0.39 is 0 Å². The maximum atomic E-state index is 12.2. The van der Waals surface area contributed by atoms with Crippen LogP contribution in [0.4, 0.5) is 0 Å². The molecule has 0 fully saturated rings. The molecule has 0 amide bonds. The molecule has 0 radical (unpaired) electrons. The van der Waals surface area contributed by atoms with Crippen molar-refractivity contribution < 1.29 is 4.79 Å². The Bertz CT molecular complexity index is 733. The van der Waals surface area contributed by atoms with Crippen LogP contribution < -0.4 is 0 Å². The molecule has 2 nitrogen and oxygen atoms in total. The van der Waals surface area contributed by atoms with Crippen molar-refractivity contribution in [3.05, 3.63) is 64.3 Å². The van der Waals surface area contributed by atoms with Crippen LogP contribution in [0.25, 0.3) is 10.1 Å². The van der Waals surface area contributed by atoms with Gasteiger partial charge in [-0.05, 0) is 34.5 Å². The van der Waals surface area contributed by atoms with Crippen molar-refractivity contribution in [3.63, 3.8) is 0 Å². The first kappa shape index (κ1) is 12.3. The Hall–Kier alpha value is -1.71. The van der Waals surface area contributed by atoms with Crippen molar-refractivity contribution in [2.45, 2.75) is 6.42 Å². The van der Waals surface area contributed by atoms with Crippen molar-refractivity contribution in [2.24, 2.45) is 0 Å². The molecule has 0 aliphatic heterocycles. The molecule has 0 bridgehead atoms. The zero-order valence-corrected chi connectivity index (χ0v) is 11.5. The Morgan fingerprint density at radius 2 is 2.05 bits per heavy atom. The number of carbonyl (C=O) groups is 1. The lowest BCUT2D eigenvalue weighted by molar-refractivity contribution is 0.0988. The number of hydrogen-bond acceptors (Lipinski definition) is 3. The van der Waals surface area contributed by atoms with Crippen LogP contribution in [0.5, 0.6) is 0 Å². The number of thiophene rings is 1. The third kappa shape index (κ3) is 2.53. The van der Waals surface area contributed by atoms with E-state index in [4.69, 9.17) is 11.6 Å². The van der Waals surface area contributed by atoms with Crippen LogP contribution in [-0.4, -0.2) is 10.8 Å². The zero-order chi connectivity index (χ0) is 13.2. The fourth-order valence-electron chi connectivity index (χ4n) is 1.97. The summed E-state index contributed by atoms with van der Waals surface area (Å²) in [5.74, 6) is 0.0141. The number of hydrogen-bond donors (Lipinski definition) is 0. The number of halogens is 1. The van der Waals surface area contributed by atoms with Crippen LogP contribution in [0.1, 0.15) is 16.1 Å². The first-order valence-electron chi connectivity index (χ1n) is 5.84. The second-order valence-corrected chi connectivity index (χ2v) is 5.57. The standard InChI is InChI=1S/C15H10ClNOS/c16-11-5-6-13(17-8-11)14(18)7-10-9-19-15-4-2-1-3-12(10)15/h1-6,8-9H,7H2. The first-order valence-corrected chi connectivity index (χ1v) is 7.09. The smallest absolute Gasteiger partial charge is 0.185 e. The highest BCUT2D eigenvalue weighted by atomic mass is 35.5. The summed E-state index contributed by atoms with van der Waals surface area (Å²) >= 11 is 7.42. The van der Waals surface area contributed by atoms with Crippen molar-refractivity contribution in [3.8, 4) is 0 Å². The van der Waals surface area contributed by atoms with Gasteiger partial charge in [0, 0.05) is 17.3 Å². The van der Waals surface area contributed by atoms with Gasteiger partial charge in [0.25, 0.3) is 0 Å². The van der Waals surface area contributed by atoms with Crippen molar-refractivity contribution >= 4 is 38.8 Å². The minimum atomic E-state index is 0.0141. The normalized spacial score (nSPS) is 10.8. The minimum Gasteiger partial charge on any atom is -0.292 e. The van der Waals surface area contributed by atoms with Gasteiger partial charge >= 0.3 is 0 Å². The fraction of sp³-hybridized carbons (Fsp3) is 0.0667. The molecule has 4 heteroatoms. The Morgan fingerprint density at radius 3 is 2.84 bits per heavy atom. The van der Waals surface area contributed by atoms with Crippen LogP contribution in [0.15, 0.2) is 48.0 Å². The number of carbonyl (C=O) groups excluding carboxylic acids is 1.